The minimum atomic E-state index is -0.412. The van der Waals surface area contributed by atoms with Crippen LogP contribution in [0.15, 0.2) is 22.7 Å². The van der Waals surface area contributed by atoms with Gasteiger partial charge in [0.05, 0.1) is 6.07 Å². The summed E-state index contributed by atoms with van der Waals surface area (Å²) in [5, 5.41) is 12.3. The van der Waals surface area contributed by atoms with Gasteiger partial charge in [-0.2, -0.15) is 5.26 Å². The van der Waals surface area contributed by atoms with Gasteiger partial charge in [0.15, 0.2) is 0 Å². The number of benzene rings is 1. The SMILES string of the molecule is CCC(C)NC(C#N)c1ccc(F)cc1Br. The summed E-state index contributed by atoms with van der Waals surface area (Å²) in [7, 11) is 0. The van der Waals surface area contributed by atoms with Gasteiger partial charge in [0.25, 0.3) is 0 Å². The molecule has 1 N–H and O–H groups in total. The normalized spacial score (nSPS) is 14.2. The fraction of sp³-hybridized carbons (Fsp3) is 0.417. The Balaban J connectivity index is 2.92. The van der Waals surface area contributed by atoms with Crippen LogP contribution in [0.2, 0.25) is 0 Å². The number of nitriles is 1. The van der Waals surface area contributed by atoms with Gasteiger partial charge in [0.1, 0.15) is 11.9 Å². The molecule has 0 amide bonds. The van der Waals surface area contributed by atoms with Gasteiger partial charge in [-0.15, -0.1) is 0 Å². The highest BCUT2D eigenvalue weighted by molar-refractivity contribution is 9.10. The third-order valence-electron chi connectivity index (χ3n) is 2.47. The molecule has 0 heterocycles. The molecule has 0 aliphatic rings. The lowest BCUT2D eigenvalue weighted by atomic mass is 10.1. The van der Waals surface area contributed by atoms with Crippen LogP contribution in [0.25, 0.3) is 0 Å². The summed E-state index contributed by atoms with van der Waals surface area (Å²) in [5.74, 6) is -0.309. The molecule has 0 fully saturated rings. The Morgan fingerprint density at radius 3 is 2.75 bits per heavy atom. The van der Waals surface area contributed by atoms with E-state index in [2.05, 4.69) is 27.3 Å². The highest BCUT2D eigenvalue weighted by Gasteiger charge is 2.15. The van der Waals surface area contributed by atoms with Crippen molar-refractivity contribution in [2.24, 2.45) is 0 Å². The maximum absolute atomic E-state index is 12.9. The van der Waals surface area contributed by atoms with Gasteiger partial charge in [-0.3, -0.25) is 5.32 Å². The monoisotopic (exact) mass is 284 g/mol. The Kier molecular flexibility index (Phi) is 4.91. The largest absolute Gasteiger partial charge is 0.296 e. The third-order valence-corrected chi connectivity index (χ3v) is 3.15. The number of nitrogens with one attached hydrogen (secondary N) is 1. The standard InChI is InChI=1S/C12H14BrFN2/c1-3-8(2)16-12(7-15)10-5-4-9(14)6-11(10)13/h4-6,8,12,16H,3H2,1-2H3. The lowest BCUT2D eigenvalue weighted by Crippen LogP contribution is -2.29. The van der Waals surface area contributed by atoms with Crippen molar-refractivity contribution in [2.45, 2.75) is 32.4 Å². The summed E-state index contributed by atoms with van der Waals surface area (Å²) < 4.78 is 13.5. The molecule has 16 heavy (non-hydrogen) atoms. The van der Waals surface area contributed by atoms with Crippen molar-refractivity contribution in [2.75, 3.05) is 0 Å². The van der Waals surface area contributed by atoms with Crippen LogP contribution in [0, 0.1) is 17.1 Å². The van der Waals surface area contributed by atoms with Crippen molar-refractivity contribution in [1.29, 1.82) is 5.26 Å². The van der Waals surface area contributed by atoms with Crippen molar-refractivity contribution in [3.05, 3.63) is 34.1 Å². The zero-order valence-electron chi connectivity index (χ0n) is 9.30. The molecule has 0 saturated heterocycles. The van der Waals surface area contributed by atoms with E-state index >= 15 is 0 Å². The van der Waals surface area contributed by atoms with E-state index in [1.807, 2.05) is 13.8 Å². The molecule has 86 valence electrons. The number of halogens is 2. The summed E-state index contributed by atoms with van der Waals surface area (Å²) >= 11 is 3.27. The van der Waals surface area contributed by atoms with E-state index < -0.39 is 6.04 Å². The van der Waals surface area contributed by atoms with Crippen LogP contribution in [0.1, 0.15) is 31.9 Å². The average Bonchev–Trinajstić information content (AvgIpc) is 2.26. The highest BCUT2D eigenvalue weighted by Crippen LogP contribution is 2.24. The Bertz CT molecular complexity index is 400. The van der Waals surface area contributed by atoms with Crippen molar-refractivity contribution < 1.29 is 4.39 Å². The molecule has 2 atom stereocenters. The van der Waals surface area contributed by atoms with Crippen LogP contribution < -0.4 is 5.32 Å². The van der Waals surface area contributed by atoms with E-state index in [4.69, 9.17) is 5.26 Å². The summed E-state index contributed by atoms with van der Waals surface area (Å²) in [6, 6.07) is 6.38. The van der Waals surface area contributed by atoms with Gasteiger partial charge in [0, 0.05) is 10.5 Å². The van der Waals surface area contributed by atoms with Gasteiger partial charge in [-0.25, -0.2) is 4.39 Å². The molecule has 1 rings (SSSR count). The fourth-order valence-corrected chi connectivity index (χ4v) is 1.91. The molecule has 1 aromatic rings. The minimum Gasteiger partial charge on any atom is -0.296 e. The van der Waals surface area contributed by atoms with E-state index in [0.717, 1.165) is 12.0 Å². The first kappa shape index (κ1) is 13.1. The predicted molar refractivity (Wildman–Crippen MR) is 65.3 cm³/mol. The van der Waals surface area contributed by atoms with Gasteiger partial charge in [0.2, 0.25) is 0 Å². The predicted octanol–water partition coefficient (Wildman–Crippen LogP) is 3.54. The topological polar surface area (TPSA) is 35.8 Å². The molecule has 4 heteroatoms. The van der Waals surface area contributed by atoms with E-state index in [0.29, 0.717) is 4.47 Å². The zero-order chi connectivity index (χ0) is 12.1. The van der Waals surface area contributed by atoms with Crippen LogP contribution in [0.5, 0.6) is 0 Å². The smallest absolute Gasteiger partial charge is 0.124 e. The molecule has 0 aromatic heterocycles. The Labute approximate surface area is 104 Å². The summed E-state index contributed by atoms with van der Waals surface area (Å²) in [5.41, 5.74) is 0.768. The lowest BCUT2D eigenvalue weighted by Gasteiger charge is -2.18. The van der Waals surface area contributed by atoms with E-state index in [9.17, 15) is 4.39 Å². The number of hydrogen-bond acceptors (Lipinski definition) is 2. The first-order valence-corrected chi connectivity index (χ1v) is 5.98. The van der Waals surface area contributed by atoms with Gasteiger partial charge in [-0.1, -0.05) is 28.9 Å². The number of rotatable bonds is 4. The summed E-state index contributed by atoms with van der Waals surface area (Å²) in [6.07, 6.45) is 0.941. The molecular formula is C12H14BrFN2. The van der Waals surface area contributed by atoms with Crippen LogP contribution in [-0.2, 0) is 0 Å². The van der Waals surface area contributed by atoms with Crippen molar-refractivity contribution in [1.82, 2.24) is 5.32 Å². The van der Waals surface area contributed by atoms with Gasteiger partial charge < -0.3 is 0 Å². The fourth-order valence-electron chi connectivity index (χ4n) is 1.33. The van der Waals surface area contributed by atoms with Crippen LogP contribution in [-0.4, -0.2) is 6.04 Å². The summed E-state index contributed by atoms with van der Waals surface area (Å²) in [4.78, 5) is 0. The molecule has 0 spiro atoms. The second-order valence-electron chi connectivity index (χ2n) is 3.70. The van der Waals surface area contributed by atoms with Crippen LogP contribution >= 0.6 is 15.9 Å². The van der Waals surface area contributed by atoms with E-state index in [1.165, 1.54) is 12.1 Å². The van der Waals surface area contributed by atoms with Crippen LogP contribution in [0.4, 0.5) is 4.39 Å². The Morgan fingerprint density at radius 2 is 2.25 bits per heavy atom. The molecule has 0 bridgehead atoms. The van der Waals surface area contributed by atoms with Crippen molar-refractivity contribution in [3.8, 4) is 6.07 Å². The minimum absolute atomic E-state index is 0.251. The highest BCUT2D eigenvalue weighted by atomic mass is 79.9. The van der Waals surface area contributed by atoms with E-state index in [1.54, 1.807) is 6.07 Å². The Morgan fingerprint density at radius 1 is 1.56 bits per heavy atom. The number of nitrogens with zero attached hydrogens (tertiary/aromatic N) is 1. The molecule has 0 aliphatic heterocycles. The molecule has 0 saturated carbocycles. The molecule has 0 radical (unpaired) electrons. The number of hydrogen-bond donors (Lipinski definition) is 1. The van der Waals surface area contributed by atoms with Gasteiger partial charge >= 0.3 is 0 Å². The van der Waals surface area contributed by atoms with Crippen molar-refractivity contribution >= 4 is 15.9 Å². The molecule has 2 nitrogen and oxygen atoms in total. The second kappa shape index (κ2) is 5.97. The third kappa shape index (κ3) is 3.29. The van der Waals surface area contributed by atoms with Crippen LogP contribution in [0.3, 0.4) is 0 Å². The first-order valence-electron chi connectivity index (χ1n) is 5.19. The molecule has 1 aromatic carbocycles. The first-order chi connectivity index (χ1) is 7.58. The lowest BCUT2D eigenvalue weighted by molar-refractivity contribution is 0.499. The summed E-state index contributed by atoms with van der Waals surface area (Å²) in [6.45, 7) is 4.06. The Hall–Kier alpha value is -0.920. The maximum Gasteiger partial charge on any atom is 0.124 e. The maximum atomic E-state index is 12.9. The second-order valence-corrected chi connectivity index (χ2v) is 4.56. The molecular weight excluding hydrogens is 271 g/mol. The molecule has 2 unspecified atom stereocenters. The average molecular weight is 285 g/mol. The van der Waals surface area contributed by atoms with E-state index in [-0.39, 0.29) is 11.9 Å². The zero-order valence-corrected chi connectivity index (χ0v) is 10.9. The quantitative estimate of drug-likeness (QED) is 0.918. The molecule has 0 aliphatic carbocycles. The van der Waals surface area contributed by atoms with Crippen molar-refractivity contribution in [3.63, 3.8) is 0 Å². The van der Waals surface area contributed by atoms with Gasteiger partial charge in [-0.05, 0) is 31.0 Å².